The van der Waals surface area contributed by atoms with Crippen LogP contribution in [0.25, 0.3) is 22.9 Å². The van der Waals surface area contributed by atoms with Crippen molar-refractivity contribution < 1.29 is 0 Å². The van der Waals surface area contributed by atoms with E-state index in [1.54, 1.807) is 0 Å². The fraction of sp³-hybridized carbons (Fsp3) is 0.143. The van der Waals surface area contributed by atoms with Gasteiger partial charge in [0.2, 0.25) is 0 Å². The van der Waals surface area contributed by atoms with Crippen molar-refractivity contribution in [3.63, 3.8) is 0 Å². The highest BCUT2D eigenvalue weighted by atomic mass is 79.9. The number of rotatable bonds is 0. The van der Waals surface area contributed by atoms with Crippen LogP contribution in [-0.2, 0) is 0 Å². The first-order valence-electron chi connectivity index (χ1n) is 5.49. The van der Waals surface area contributed by atoms with Crippen LogP contribution in [0.5, 0.6) is 0 Å². The van der Waals surface area contributed by atoms with E-state index >= 15 is 0 Å². The van der Waals surface area contributed by atoms with E-state index in [0.717, 1.165) is 0 Å². The molecule has 0 N–H and O–H groups in total. The molecular formula is C14H10BrN. The smallest absolute Gasteiger partial charge is 0.0686 e. The number of allylic oxidation sites excluding steroid dienone is 2. The van der Waals surface area contributed by atoms with Gasteiger partial charge in [0.15, 0.2) is 0 Å². The number of aromatic nitrogens is 1. The minimum Gasteiger partial charge on any atom is -0.332 e. The maximum atomic E-state index is 3.74. The molecule has 0 spiro atoms. The standard InChI is InChI=1S/C14H10BrN/c15-11-8-14-10-5-2-1-4-9(10)12-6-3-7-13(11)16(12)14/h1-8,11,13H. The predicted octanol–water partition coefficient (Wildman–Crippen LogP) is 2.09. The van der Waals surface area contributed by atoms with Crippen molar-refractivity contribution in [1.29, 1.82) is 0 Å². The van der Waals surface area contributed by atoms with Crippen molar-refractivity contribution in [3.8, 4) is 0 Å². The Kier molecular flexibility index (Phi) is 1.59. The Hall–Kier alpha value is -1.28. The van der Waals surface area contributed by atoms with Gasteiger partial charge in [0.05, 0.1) is 10.9 Å². The Labute approximate surface area is 102 Å². The third-order valence-corrected chi connectivity index (χ3v) is 4.31. The molecule has 4 rings (SSSR count). The largest absolute Gasteiger partial charge is 0.332 e. The van der Waals surface area contributed by atoms with Crippen molar-refractivity contribution in [2.45, 2.75) is 10.9 Å². The lowest BCUT2D eigenvalue weighted by Gasteiger charge is -2.16. The Bertz CT molecular complexity index is 736. The quantitative estimate of drug-likeness (QED) is 0.647. The summed E-state index contributed by atoms with van der Waals surface area (Å²) in [5, 5.41) is 5.43. The van der Waals surface area contributed by atoms with Crippen LogP contribution in [0.1, 0.15) is 6.04 Å². The topological polar surface area (TPSA) is 4.93 Å². The van der Waals surface area contributed by atoms with Crippen LogP contribution >= 0.6 is 15.9 Å². The molecule has 2 aromatic rings. The molecule has 1 aromatic heterocycles. The van der Waals surface area contributed by atoms with Gasteiger partial charge < -0.3 is 4.57 Å². The number of fused-ring (bicyclic) bond motifs is 3. The number of hydrogen-bond acceptors (Lipinski definition) is 0. The van der Waals surface area contributed by atoms with Gasteiger partial charge in [-0.2, -0.15) is 0 Å². The van der Waals surface area contributed by atoms with E-state index in [9.17, 15) is 0 Å². The zero-order valence-electron chi connectivity index (χ0n) is 8.60. The van der Waals surface area contributed by atoms with Gasteiger partial charge in [0.25, 0.3) is 0 Å². The van der Waals surface area contributed by atoms with E-state index in [1.165, 1.54) is 21.5 Å². The lowest BCUT2D eigenvalue weighted by molar-refractivity contribution is 0.639. The van der Waals surface area contributed by atoms with E-state index in [1.807, 2.05) is 0 Å². The Morgan fingerprint density at radius 1 is 1.06 bits per heavy atom. The maximum Gasteiger partial charge on any atom is 0.0686 e. The lowest BCUT2D eigenvalue weighted by atomic mass is 10.1. The Morgan fingerprint density at radius 2 is 1.81 bits per heavy atom. The summed E-state index contributed by atoms with van der Waals surface area (Å²) in [4.78, 5) is 0.427. The van der Waals surface area contributed by atoms with Gasteiger partial charge in [-0.05, 0) is 12.2 Å². The minimum absolute atomic E-state index is 0.427. The first-order chi connectivity index (χ1) is 7.86. The second-order valence-corrected chi connectivity index (χ2v) is 5.40. The van der Waals surface area contributed by atoms with E-state index < -0.39 is 0 Å². The van der Waals surface area contributed by atoms with Crippen LogP contribution in [0.15, 0.2) is 36.4 Å². The summed E-state index contributed by atoms with van der Waals surface area (Å²) in [6.07, 6.45) is 8.96. The number of benzene rings is 1. The third kappa shape index (κ3) is 0.914. The minimum atomic E-state index is 0.427. The van der Waals surface area contributed by atoms with Gasteiger partial charge in [0, 0.05) is 21.5 Å². The van der Waals surface area contributed by atoms with Crippen molar-refractivity contribution in [3.05, 3.63) is 47.1 Å². The highest BCUT2D eigenvalue weighted by Crippen LogP contribution is 2.27. The zero-order chi connectivity index (χ0) is 10.7. The molecule has 0 amide bonds. The van der Waals surface area contributed by atoms with Gasteiger partial charge in [0.1, 0.15) is 0 Å². The second-order valence-electron chi connectivity index (χ2n) is 4.34. The molecule has 0 bridgehead atoms. The molecule has 2 unspecified atom stereocenters. The summed E-state index contributed by atoms with van der Waals surface area (Å²) in [6, 6.07) is 9.09. The fourth-order valence-corrected chi connectivity index (χ4v) is 3.49. The summed E-state index contributed by atoms with van der Waals surface area (Å²) in [7, 11) is 0. The Balaban J connectivity index is 2.34. The maximum absolute atomic E-state index is 3.74. The van der Waals surface area contributed by atoms with Crippen LogP contribution in [0.2, 0.25) is 0 Å². The summed E-state index contributed by atoms with van der Waals surface area (Å²) in [6.45, 7) is 0. The van der Waals surface area contributed by atoms with Crippen LogP contribution < -0.4 is 10.7 Å². The molecule has 1 aromatic carbocycles. The molecule has 2 atom stereocenters. The average molecular weight is 272 g/mol. The molecule has 0 fully saturated rings. The predicted molar refractivity (Wildman–Crippen MR) is 71.0 cm³/mol. The number of hydrogen-bond donors (Lipinski definition) is 0. The normalized spacial score (nSPS) is 25.3. The number of halogens is 1. The van der Waals surface area contributed by atoms with Crippen molar-refractivity contribution in [2.24, 2.45) is 0 Å². The summed E-state index contributed by atoms with van der Waals surface area (Å²) < 4.78 is 2.43. The van der Waals surface area contributed by atoms with Gasteiger partial charge in [-0.3, -0.25) is 0 Å². The van der Waals surface area contributed by atoms with Gasteiger partial charge in [-0.1, -0.05) is 52.3 Å². The van der Waals surface area contributed by atoms with Crippen LogP contribution in [0, 0.1) is 0 Å². The zero-order valence-corrected chi connectivity index (χ0v) is 10.2. The summed E-state index contributed by atoms with van der Waals surface area (Å²) in [5.41, 5.74) is 0. The molecule has 16 heavy (non-hydrogen) atoms. The third-order valence-electron chi connectivity index (χ3n) is 3.50. The second kappa shape index (κ2) is 2.89. The molecule has 2 aliphatic rings. The summed E-state index contributed by atoms with van der Waals surface area (Å²) in [5.74, 6) is 0. The monoisotopic (exact) mass is 271 g/mol. The summed E-state index contributed by atoms with van der Waals surface area (Å²) >= 11 is 3.74. The first kappa shape index (κ1) is 8.82. The molecule has 78 valence electrons. The van der Waals surface area contributed by atoms with E-state index in [-0.39, 0.29) is 0 Å². The molecule has 2 aliphatic heterocycles. The molecule has 2 heteroatoms. The molecule has 1 nitrogen and oxygen atoms in total. The van der Waals surface area contributed by atoms with Gasteiger partial charge >= 0.3 is 0 Å². The fourth-order valence-electron chi connectivity index (χ4n) is 2.83. The molecule has 0 radical (unpaired) electrons. The van der Waals surface area contributed by atoms with Crippen LogP contribution in [-0.4, -0.2) is 9.39 Å². The molecule has 0 saturated carbocycles. The number of alkyl halides is 1. The Morgan fingerprint density at radius 3 is 2.62 bits per heavy atom. The van der Waals surface area contributed by atoms with Gasteiger partial charge in [-0.15, -0.1) is 0 Å². The average Bonchev–Trinajstić information content (AvgIpc) is 2.82. The molecule has 3 heterocycles. The molecule has 0 saturated heterocycles. The molecular weight excluding hydrogens is 262 g/mol. The number of nitrogens with zero attached hydrogens (tertiary/aromatic N) is 1. The SMILES string of the molecule is BrC1C=c2c3ccccc3c3n2C1C=CC=3. The van der Waals surface area contributed by atoms with E-state index in [4.69, 9.17) is 0 Å². The van der Waals surface area contributed by atoms with Crippen molar-refractivity contribution >= 4 is 38.9 Å². The van der Waals surface area contributed by atoms with E-state index in [0.29, 0.717) is 10.9 Å². The highest BCUT2D eigenvalue weighted by Gasteiger charge is 2.26. The van der Waals surface area contributed by atoms with Crippen LogP contribution in [0.4, 0.5) is 0 Å². The molecule has 0 aliphatic carbocycles. The van der Waals surface area contributed by atoms with Gasteiger partial charge in [-0.25, -0.2) is 0 Å². The van der Waals surface area contributed by atoms with Crippen molar-refractivity contribution in [1.82, 2.24) is 4.57 Å². The highest BCUT2D eigenvalue weighted by molar-refractivity contribution is 9.09. The van der Waals surface area contributed by atoms with Crippen LogP contribution in [0.3, 0.4) is 0 Å². The first-order valence-corrected chi connectivity index (χ1v) is 6.41. The lowest BCUT2D eigenvalue weighted by Crippen LogP contribution is -2.29. The van der Waals surface area contributed by atoms with Crippen molar-refractivity contribution in [2.75, 3.05) is 0 Å². The van der Waals surface area contributed by atoms with E-state index in [2.05, 4.69) is 69.1 Å².